The molecule has 32 heavy (non-hydrogen) atoms. The van der Waals surface area contributed by atoms with Crippen molar-refractivity contribution >= 4 is 11.6 Å². The summed E-state index contributed by atoms with van der Waals surface area (Å²) < 4.78 is 73.0. The SMILES string of the molecule is COc1ncc(-c2ccc3c(n2)CN(c2cnn(CC(F)(F)F)c2)C3=O)cc1OC(F)F. The van der Waals surface area contributed by atoms with Crippen LogP contribution in [-0.4, -0.2) is 45.6 Å². The number of hydrogen-bond donors (Lipinski definition) is 0. The molecule has 0 spiro atoms. The molecule has 1 aliphatic rings. The highest BCUT2D eigenvalue weighted by molar-refractivity contribution is 6.09. The van der Waals surface area contributed by atoms with Crippen LogP contribution in [-0.2, 0) is 13.1 Å². The van der Waals surface area contributed by atoms with Crippen LogP contribution in [0.4, 0.5) is 27.6 Å². The number of alkyl halides is 5. The van der Waals surface area contributed by atoms with Crippen LogP contribution in [0.3, 0.4) is 0 Å². The number of pyridine rings is 2. The first-order valence-electron chi connectivity index (χ1n) is 9.05. The van der Waals surface area contributed by atoms with Crippen molar-refractivity contribution in [3.63, 3.8) is 0 Å². The third kappa shape index (κ3) is 4.31. The molecule has 0 N–H and O–H groups in total. The molecule has 0 fully saturated rings. The molecule has 0 bridgehead atoms. The fourth-order valence-corrected chi connectivity index (χ4v) is 3.22. The van der Waals surface area contributed by atoms with E-state index in [1.54, 1.807) is 0 Å². The Kier molecular flexibility index (Phi) is 5.40. The Morgan fingerprint density at radius 2 is 2.00 bits per heavy atom. The molecule has 0 saturated carbocycles. The third-order valence-corrected chi connectivity index (χ3v) is 4.55. The maximum absolute atomic E-state index is 12.7. The van der Waals surface area contributed by atoms with Gasteiger partial charge in [-0.1, -0.05) is 0 Å². The van der Waals surface area contributed by atoms with E-state index >= 15 is 0 Å². The van der Waals surface area contributed by atoms with Crippen LogP contribution >= 0.6 is 0 Å². The first kappa shape index (κ1) is 21.5. The molecule has 1 amide bonds. The predicted molar refractivity (Wildman–Crippen MR) is 99.4 cm³/mol. The number of aromatic nitrogens is 4. The van der Waals surface area contributed by atoms with Crippen LogP contribution in [0.15, 0.2) is 36.8 Å². The molecule has 0 unspecified atom stereocenters. The Labute approximate surface area is 177 Å². The molecule has 0 saturated heterocycles. The molecule has 4 heterocycles. The standard InChI is InChI=1S/C19H14F5N5O3/c1-31-16-15(32-18(20)21)4-10(5-25-16)13-3-2-12-14(27-13)8-29(17(12)30)11-6-26-28(7-11)9-19(22,23)24/h2-7,18H,8-9H2,1H3. The first-order chi connectivity index (χ1) is 15.1. The van der Waals surface area contributed by atoms with E-state index < -0.39 is 25.2 Å². The number of ether oxygens (including phenoxy) is 2. The van der Waals surface area contributed by atoms with Crippen molar-refractivity contribution < 1.29 is 36.2 Å². The number of nitrogens with zero attached hydrogens (tertiary/aromatic N) is 5. The van der Waals surface area contributed by atoms with Crippen LogP contribution in [0.25, 0.3) is 11.3 Å². The minimum Gasteiger partial charge on any atom is -0.478 e. The summed E-state index contributed by atoms with van der Waals surface area (Å²) in [5.41, 5.74) is 1.50. The summed E-state index contributed by atoms with van der Waals surface area (Å²) in [4.78, 5) is 22.3. The number of hydrogen-bond acceptors (Lipinski definition) is 6. The fourth-order valence-electron chi connectivity index (χ4n) is 3.22. The molecular formula is C19H14F5N5O3. The lowest BCUT2D eigenvalue weighted by Gasteiger charge is -2.12. The summed E-state index contributed by atoms with van der Waals surface area (Å²) in [6.07, 6.45) is -0.810. The van der Waals surface area contributed by atoms with E-state index in [-0.39, 0.29) is 29.4 Å². The van der Waals surface area contributed by atoms with E-state index in [0.29, 0.717) is 21.6 Å². The maximum Gasteiger partial charge on any atom is 0.408 e. The van der Waals surface area contributed by atoms with E-state index in [1.807, 2.05) is 0 Å². The number of carbonyl (C=O) groups excluding carboxylic acids is 1. The van der Waals surface area contributed by atoms with Crippen molar-refractivity contribution in [2.24, 2.45) is 0 Å². The lowest BCUT2D eigenvalue weighted by atomic mass is 10.1. The highest BCUT2D eigenvalue weighted by atomic mass is 19.4. The molecule has 168 valence electrons. The molecule has 1 aliphatic heterocycles. The number of fused-ring (bicyclic) bond motifs is 1. The van der Waals surface area contributed by atoms with Gasteiger partial charge in [-0.3, -0.25) is 19.4 Å². The largest absolute Gasteiger partial charge is 0.478 e. The average Bonchev–Trinajstić information content (AvgIpc) is 3.30. The van der Waals surface area contributed by atoms with Gasteiger partial charge in [-0.25, -0.2) is 4.98 Å². The third-order valence-electron chi connectivity index (χ3n) is 4.55. The minimum atomic E-state index is -4.45. The smallest absolute Gasteiger partial charge is 0.408 e. The zero-order valence-electron chi connectivity index (χ0n) is 16.3. The molecule has 3 aromatic rings. The van der Waals surface area contributed by atoms with Crippen molar-refractivity contribution in [1.82, 2.24) is 19.7 Å². The van der Waals surface area contributed by atoms with Gasteiger partial charge < -0.3 is 9.47 Å². The van der Waals surface area contributed by atoms with Gasteiger partial charge in [0.25, 0.3) is 11.8 Å². The Morgan fingerprint density at radius 1 is 1.22 bits per heavy atom. The van der Waals surface area contributed by atoms with E-state index in [1.165, 1.54) is 36.4 Å². The van der Waals surface area contributed by atoms with Gasteiger partial charge in [0.15, 0.2) is 5.75 Å². The number of carbonyl (C=O) groups is 1. The summed E-state index contributed by atoms with van der Waals surface area (Å²) in [5.74, 6) is -0.857. The number of methoxy groups -OCH3 is 1. The molecule has 0 aromatic carbocycles. The summed E-state index contributed by atoms with van der Waals surface area (Å²) >= 11 is 0. The maximum atomic E-state index is 12.7. The lowest BCUT2D eigenvalue weighted by Crippen LogP contribution is -2.22. The average molecular weight is 455 g/mol. The second-order valence-electron chi connectivity index (χ2n) is 6.70. The number of amides is 1. The molecule has 8 nitrogen and oxygen atoms in total. The molecule has 3 aromatic heterocycles. The molecule has 0 aliphatic carbocycles. The second-order valence-corrected chi connectivity index (χ2v) is 6.70. The van der Waals surface area contributed by atoms with E-state index in [0.717, 1.165) is 12.4 Å². The zero-order valence-corrected chi connectivity index (χ0v) is 16.3. The van der Waals surface area contributed by atoms with Gasteiger partial charge in [0.05, 0.1) is 42.5 Å². The first-order valence-corrected chi connectivity index (χ1v) is 9.05. The van der Waals surface area contributed by atoms with Crippen LogP contribution in [0.5, 0.6) is 11.6 Å². The van der Waals surface area contributed by atoms with Crippen LogP contribution < -0.4 is 14.4 Å². The van der Waals surface area contributed by atoms with Crippen molar-refractivity contribution in [2.45, 2.75) is 25.9 Å². The van der Waals surface area contributed by atoms with Crippen molar-refractivity contribution in [2.75, 3.05) is 12.0 Å². The van der Waals surface area contributed by atoms with Crippen LogP contribution in [0.2, 0.25) is 0 Å². The molecular weight excluding hydrogens is 441 g/mol. The number of anilines is 1. The summed E-state index contributed by atoms with van der Waals surface area (Å²) in [5, 5.41) is 3.65. The highest BCUT2D eigenvalue weighted by Crippen LogP contribution is 2.33. The summed E-state index contributed by atoms with van der Waals surface area (Å²) in [7, 11) is 1.25. The Bertz CT molecular complexity index is 1160. The summed E-state index contributed by atoms with van der Waals surface area (Å²) in [6, 6.07) is 4.28. The van der Waals surface area contributed by atoms with Gasteiger partial charge >= 0.3 is 12.8 Å². The lowest BCUT2D eigenvalue weighted by molar-refractivity contribution is -0.142. The van der Waals surface area contributed by atoms with E-state index in [4.69, 9.17) is 4.74 Å². The minimum absolute atomic E-state index is 0.00366. The van der Waals surface area contributed by atoms with E-state index in [2.05, 4.69) is 19.8 Å². The van der Waals surface area contributed by atoms with E-state index in [9.17, 15) is 26.7 Å². The van der Waals surface area contributed by atoms with Crippen molar-refractivity contribution in [3.8, 4) is 22.9 Å². The zero-order chi connectivity index (χ0) is 23.0. The van der Waals surface area contributed by atoms with Gasteiger partial charge in [-0.05, 0) is 18.2 Å². The van der Waals surface area contributed by atoms with Gasteiger partial charge in [0.1, 0.15) is 6.54 Å². The Hall–Kier alpha value is -3.77. The fraction of sp³-hybridized carbons (Fsp3) is 0.263. The Morgan fingerprint density at radius 3 is 2.69 bits per heavy atom. The van der Waals surface area contributed by atoms with Crippen LogP contribution in [0.1, 0.15) is 16.1 Å². The molecule has 0 radical (unpaired) electrons. The van der Waals surface area contributed by atoms with Gasteiger partial charge in [-0.2, -0.15) is 27.1 Å². The highest BCUT2D eigenvalue weighted by Gasteiger charge is 2.33. The molecule has 4 rings (SSSR count). The quantitative estimate of drug-likeness (QED) is 0.528. The molecule has 0 atom stereocenters. The molecule has 13 heteroatoms. The second kappa shape index (κ2) is 8.05. The predicted octanol–water partition coefficient (Wildman–Crippen LogP) is 3.67. The Balaban J connectivity index is 1.60. The topological polar surface area (TPSA) is 82.4 Å². The van der Waals surface area contributed by atoms with Gasteiger partial charge in [0.2, 0.25) is 0 Å². The van der Waals surface area contributed by atoms with Crippen LogP contribution in [0, 0.1) is 0 Å². The normalized spacial score (nSPS) is 13.6. The van der Waals surface area contributed by atoms with Crippen molar-refractivity contribution in [1.29, 1.82) is 0 Å². The van der Waals surface area contributed by atoms with Gasteiger partial charge in [0, 0.05) is 18.0 Å². The monoisotopic (exact) mass is 455 g/mol. The van der Waals surface area contributed by atoms with Crippen molar-refractivity contribution in [3.05, 3.63) is 48.0 Å². The number of halogens is 5. The summed E-state index contributed by atoms with van der Waals surface area (Å²) in [6.45, 7) is -4.36. The number of rotatable bonds is 6. The van der Waals surface area contributed by atoms with Gasteiger partial charge in [-0.15, -0.1) is 0 Å².